The first-order valence-corrected chi connectivity index (χ1v) is 6.62. The molecule has 5 heteroatoms. The van der Waals surface area contributed by atoms with Crippen LogP contribution in [0.1, 0.15) is 12.0 Å². The van der Waals surface area contributed by atoms with Crippen LogP contribution in [-0.2, 0) is 6.42 Å². The largest absolute Gasteiger partial charge is 0.338 e. The molecule has 0 radical (unpaired) electrons. The Kier molecular flexibility index (Phi) is 6.89. The van der Waals surface area contributed by atoms with E-state index in [1.54, 1.807) is 17.3 Å². The highest BCUT2D eigenvalue weighted by molar-refractivity contribution is 5.73. The molecule has 1 aromatic rings. The average molecular weight is 264 g/mol. The summed E-state index contributed by atoms with van der Waals surface area (Å²) >= 11 is 0. The Morgan fingerprint density at radius 2 is 1.89 bits per heavy atom. The summed E-state index contributed by atoms with van der Waals surface area (Å²) < 4.78 is 0. The Labute approximate surface area is 115 Å². The Morgan fingerprint density at radius 1 is 1.21 bits per heavy atom. The SMILES string of the molecule is CN(C)CCCNC(=O)N(C)CCc1ccncc1. The van der Waals surface area contributed by atoms with Crippen molar-refractivity contribution in [2.75, 3.05) is 40.8 Å². The number of likely N-dealkylation sites (N-methyl/N-ethyl adjacent to an activating group) is 1. The Bertz CT molecular complexity index is 367. The summed E-state index contributed by atoms with van der Waals surface area (Å²) in [6.45, 7) is 2.42. The fourth-order valence-electron chi connectivity index (χ4n) is 1.67. The number of hydrogen-bond acceptors (Lipinski definition) is 3. The first-order chi connectivity index (χ1) is 9.09. The molecule has 0 atom stereocenters. The Hall–Kier alpha value is -1.62. The fraction of sp³-hybridized carbons (Fsp3) is 0.571. The smallest absolute Gasteiger partial charge is 0.317 e. The van der Waals surface area contributed by atoms with Gasteiger partial charge in [0.25, 0.3) is 0 Å². The van der Waals surface area contributed by atoms with Gasteiger partial charge in [-0.3, -0.25) is 4.98 Å². The number of urea groups is 1. The molecule has 0 aliphatic rings. The second kappa shape index (κ2) is 8.48. The van der Waals surface area contributed by atoms with Gasteiger partial charge in [-0.15, -0.1) is 0 Å². The van der Waals surface area contributed by atoms with Gasteiger partial charge in [-0.1, -0.05) is 0 Å². The normalized spacial score (nSPS) is 10.5. The second-order valence-electron chi connectivity index (χ2n) is 4.92. The van der Waals surface area contributed by atoms with E-state index in [-0.39, 0.29) is 6.03 Å². The third-order valence-corrected chi connectivity index (χ3v) is 2.89. The van der Waals surface area contributed by atoms with Gasteiger partial charge in [0.15, 0.2) is 0 Å². The van der Waals surface area contributed by atoms with Gasteiger partial charge in [0, 0.05) is 32.5 Å². The van der Waals surface area contributed by atoms with Crippen molar-refractivity contribution in [1.82, 2.24) is 20.1 Å². The van der Waals surface area contributed by atoms with Crippen LogP contribution in [0.15, 0.2) is 24.5 Å². The van der Waals surface area contributed by atoms with Crippen LogP contribution in [0.3, 0.4) is 0 Å². The number of carbonyl (C=O) groups is 1. The van der Waals surface area contributed by atoms with Crippen molar-refractivity contribution in [1.29, 1.82) is 0 Å². The van der Waals surface area contributed by atoms with Gasteiger partial charge in [0.1, 0.15) is 0 Å². The molecule has 2 amide bonds. The van der Waals surface area contributed by atoms with Gasteiger partial charge in [-0.05, 0) is 51.2 Å². The monoisotopic (exact) mass is 264 g/mol. The summed E-state index contributed by atoms with van der Waals surface area (Å²) in [5.41, 5.74) is 1.20. The molecule has 5 nitrogen and oxygen atoms in total. The van der Waals surface area contributed by atoms with Gasteiger partial charge in [0.2, 0.25) is 0 Å². The quantitative estimate of drug-likeness (QED) is 0.753. The van der Waals surface area contributed by atoms with Crippen molar-refractivity contribution in [3.8, 4) is 0 Å². The average Bonchev–Trinajstić information content (AvgIpc) is 2.41. The molecule has 1 N–H and O–H groups in total. The van der Waals surface area contributed by atoms with Crippen LogP contribution in [0.2, 0.25) is 0 Å². The van der Waals surface area contributed by atoms with E-state index < -0.39 is 0 Å². The molecule has 0 aliphatic heterocycles. The van der Waals surface area contributed by atoms with Crippen molar-refractivity contribution >= 4 is 6.03 Å². The maximum absolute atomic E-state index is 11.8. The third kappa shape index (κ3) is 6.76. The van der Waals surface area contributed by atoms with E-state index in [0.717, 1.165) is 25.9 Å². The Balaban J connectivity index is 2.18. The van der Waals surface area contributed by atoms with Gasteiger partial charge in [-0.25, -0.2) is 4.79 Å². The highest BCUT2D eigenvalue weighted by Crippen LogP contribution is 1.99. The number of carbonyl (C=O) groups excluding carboxylic acids is 1. The molecule has 1 rings (SSSR count). The lowest BCUT2D eigenvalue weighted by Gasteiger charge is -2.18. The molecular formula is C14H24N4O. The first kappa shape index (κ1) is 15.4. The van der Waals surface area contributed by atoms with E-state index in [1.165, 1.54) is 5.56 Å². The zero-order valence-corrected chi connectivity index (χ0v) is 12.1. The topological polar surface area (TPSA) is 48.5 Å². The second-order valence-corrected chi connectivity index (χ2v) is 4.92. The molecule has 0 aromatic carbocycles. The maximum atomic E-state index is 11.8. The van der Waals surface area contributed by atoms with Crippen LogP contribution in [-0.4, -0.2) is 61.6 Å². The van der Waals surface area contributed by atoms with E-state index in [9.17, 15) is 4.79 Å². The minimum absolute atomic E-state index is 0.00666. The lowest BCUT2D eigenvalue weighted by atomic mass is 10.2. The summed E-state index contributed by atoms with van der Waals surface area (Å²) in [4.78, 5) is 19.6. The van der Waals surface area contributed by atoms with Crippen LogP contribution in [0.4, 0.5) is 4.79 Å². The van der Waals surface area contributed by atoms with Crippen LogP contribution < -0.4 is 5.32 Å². The predicted molar refractivity (Wildman–Crippen MR) is 77.1 cm³/mol. The van der Waals surface area contributed by atoms with Gasteiger partial charge < -0.3 is 15.1 Å². The molecule has 19 heavy (non-hydrogen) atoms. The van der Waals surface area contributed by atoms with Crippen molar-refractivity contribution in [3.63, 3.8) is 0 Å². The number of pyridine rings is 1. The number of amides is 2. The predicted octanol–water partition coefficient (Wildman–Crippen LogP) is 1.22. The number of nitrogens with one attached hydrogen (secondary N) is 1. The van der Waals surface area contributed by atoms with Crippen molar-refractivity contribution in [2.24, 2.45) is 0 Å². The van der Waals surface area contributed by atoms with Gasteiger partial charge in [-0.2, -0.15) is 0 Å². The van der Waals surface area contributed by atoms with Gasteiger partial charge >= 0.3 is 6.03 Å². The molecule has 0 saturated heterocycles. The third-order valence-electron chi connectivity index (χ3n) is 2.89. The summed E-state index contributed by atoms with van der Waals surface area (Å²) in [6.07, 6.45) is 5.37. The van der Waals surface area contributed by atoms with Crippen molar-refractivity contribution in [3.05, 3.63) is 30.1 Å². The van der Waals surface area contributed by atoms with Crippen LogP contribution in [0.5, 0.6) is 0 Å². The number of rotatable bonds is 7. The number of nitrogens with zero attached hydrogens (tertiary/aromatic N) is 3. The first-order valence-electron chi connectivity index (χ1n) is 6.62. The van der Waals surface area contributed by atoms with Crippen LogP contribution in [0.25, 0.3) is 0 Å². The molecule has 0 unspecified atom stereocenters. The minimum atomic E-state index is -0.00666. The number of aromatic nitrogens is 1. The molecule has 0 spiro atoms. The minimum Gasteiger partial charge on any atom is -0.338 e. The summed E-state index contributed by atoms with van der Waals surface area (Å²) in [5, 5.41) is 2.92. The lowest BCUT2D eigenvalue weighted by molar-refractivity contribution is 0.209. The molecule has 0 aliphatic carbocycles. The highest BCUT2D eigenvalue weighted by Gasteiger charge is 2.07. The van der Waals surface area contributed by atoms with E-state index >= 15 is 0 Å². The van der Waals surface area contributed by atoms with Gasteiger partial charge in [0.05, 0.1) is 0 Å². The van der Waals surface area contributed by atoms with E-state index in [1.807, 2.05) is 33.3 Å². The fourth-order valence-corrected chi connectivity index (χ4v) is 1.67. The summed E-state index contributed by atoms with van der Waals surface area (Å²) in [6, 6.07) is 3.94. The lowest BCUT2D eigenvalue weighted by Crippen LogP contribution is -2.39. The van der Waals surface area contributed by atoms with E-state index in [4.69, 9.17) is 0 Å². The number of hydrogen-bond donors (Lipinski definition) is 1. The van der Waals surface area contributed by atoms with Crippen molar-refractivity contribution < 1.29 is 4.79 Å². The molecule has 0 bridgehead atoms. The van der Waals surface area contributed by atoms with E-state index in [2.05, 4.69) is 15.2 Å². The molecule has 106 valence electrons. The zero-order valence-electron chi connectivity index (χ0n) is 12.1. The van der Waals surface area contributed by atoms with Crippen LogP contribution in [0, 0.1) is 0 Å². The maximum Gasteiger partial charge on any atom is 0.317 e. The molecule has 0 fully saturated rings. The zero-order chi connectivity index (χ0) is 14.1. The Morgan fingerprint density at radius 3 is 2.53 bits per heavy atom. The molecule has 1 heterocycles. The molecule has 0 saturated carbocycles. The standard InChI is InChI=1S/C14H24N4O/c1-17(2)11-4-8-16-14(19)18(3)12-7-13-5-9-15-10-6-13/h5-6,9-10H,4,7-8,11-12H2,1-3H3,(H,16,19). The summed E-state index contributed by atoms with van der Waals surface area (Å²) in [5.74, 6) is 0. The molecular weight excluding hydrogens is 240 g/mol. The molecule has 1 aromatic heterocycles. The van der Waals surface area contributed by atoms with Crippen LogP contribution >= 0.6 is 0 Å². The highest BCUT2D eigenvalue weighted by atomic mass is 16.2. The summed E-state index contributed by atoms with van der Waals surface area (Å²) in [7, 11) is 5.88. The van der Waals surface area contributed by atoms with E-state index in [0.29, 0.717) is 6.54 Å². The van der Waals surface area contributed by atoms with Crippen molar-refractivity contribution in [2.45, 2.75) is 12.8 Å².